The van der Waals surface area contributed by atoms with E-state index in [1.54, 1.807) is 0 Å². The summed E-state index contributed by atoms with van der Waals surface area (Å²) in [5.74, 6) is -0.0189. The molecular formula is C23H44O2. The normalized spacial score (nSPS) is 11.3. The van der Waals surface area contributed by atoms with E-state index in [2.05, 4.69) is 19.1 Å². The molecule has 0 atom stereocenters. The lowest BCUT2D eigenvalue weighted by molar-refractivity contribution is -0.143. The zero-order valence-corrected chi connectivity index (χ0v) is 17.2. The largest absolute Gasteiger partial charge is 0.466 e. The first kappa shape index (κ1) is 24.2. The predicted molar refractivity (Wildman–Crippen MR) is 110 cm³/mol. The van der Waals surface area contributed by atoms with Crippen LogP contribution < -0.4 is 0 Å². The van der Waals surface area contributed by atoms with Gasteiger partial charge in [0, 0.05) is 6.42 Å². The van der Waals surface area contributed by atoms with E-state index < -0.39 is 0 Å². The van der Waals surface area contributed by atoms with Crippen molar-refractivity contribution in [1.82, 2.24) is 0 Å². The van der Waals surface area contributed by atoms with Crippen LogP contribution in [0.1, 0.15) is 123 Å². The predicted octanol–water partition coefficient (Wildman–Crippen LogP) is 7.76. The van der Waals surface area contributed by atoms with Gasteiger partial charge in [-0.25, -0.2) is 0 Å². The highest BCUT2D eigenvalue weighted by molar-refractivity contribution is 5.69. The molecule has 2 nitrogen and oxygen atoms in total. The molecule has 0 heterocycles. The molecule has 0 rings (SSSR count). The molecule has 0 aliphatic rings. The average molecular weight is 353 g/mol. The Morgan fingerprint density at radius 3 is 1.64 bits per heavy atom. The molecule has 2 heteroatoms. The Morgan fingerprint density at radius 1 is 0.640 bits per heavy atom. The second-order valence-corrected chi connectivity index (χ2v) is 7.26. The molecule has 0 N–H and O–H groups in total. The molecule has 0 aliphatic carbocycles. The zero-order chi connectivity index (χ0) is 18.4. The highest BCUT2D eigenvalue weighted by Crippen LogP contribution is 2.11. The third-order valence-electron chi connectivity index (χ3n) is 4.61. The van der Waals surface area contributed by atoms with Gasteiger partial charge >= 0.3 is 5.97 Å². The summed E-state index contributed by atoms with van der Waals surface area (Å²) in [6, 6.07) is 0. The number of hydrogen-bond donors (Lipinski definition) is 0. The van der Waals surface area contributed by atoms with Gasteiger partial charge in [-0.05, 0) is 38.5 Å². The number of carbonyl (C=O) groups is 1. The van der Waals surface area contributed by atoms with Gasteiger partial charge < -0.3 is 4.74 Å². The summed E-state index contributed by atoms with van der Waals surface area (Å²) in [6.07, 6.45) is 25.9. The van der Waals surface area contributed by atoms with E-state index in [1.165, 1.54) is 89.9 Å². The zero-order valence-electron chi connectivity index (χ0n) is 17.2. The molecule has 0 radical (unpaired) electrons. The number of allylic oxidation sites excluding steroid dienone is 2. The van der Waals surface area contributed by atoms with Crippen molar-refractivity contribution in [2.45, 2.75) is 123 Å². The lowest BCUT2D eigenvalue weighted by atomic mass is 10.1. The van der Waals surface area contributed by atoms with Crippen LogP contribution in [0.5, 0.6) is 0 Å². The van der Waals surface area contributed by atoms with Crippen LogP contribution in [0.4, 0.5) is 0 Å². The third-order valence-corrected chi connectivity index (χ3v) is 4.61. The van der Waals surface area contributed by atoms with E-state index in [1.807, 2.05) is 6.92 Å². The molecule has 0 aromatic rings. The highest BCUT2D eigenvalue weighted by Gasteiger charge is 2.01. The second-order valence-electron chi connectivity index (χ2n) is 7.26. The van der Waals surface area contributed by atoms with E-state index >= 15 is 0 Å². The van der Waals surface area contributed by atoms with Gasteiger partial charge in [0.15, 0.2) is 0 Å². The molecular weight excluding hydrogens is 308 g/mol. The smallest absolute Gasteiger partial charge is 0.305 e. The van der Waals surface area contributed by atoms with Crippen molar-refractivity contribution < 1.29 is 9.53 Å². The van der Waals surface area contributed by atoms with Crippen molar-refractivity contribution in [2.24, 2.45) is 0 Å². The number of ether oxygens (including phenoxy) is 1. The summed E-state index contributed by atoms with van der Waals surface area (Å²) in [4.78, 5) is 11.3. The summed E-state index contributed by atoms with van der Waals surface area (Å²) < 4.78 is 5.07. The molecule has 0 amide bonds. The minimum absolute atomic E-state index is 0.0189. The van der Waals surface area contributed by atoms with Crippen LogP contribution in [0.15, 0.2) is 12.2 Å². The van der Waals surface area contributed by atoms with E-state index in [0.717, 1.165) is 12.8 Å². The van der Waals surface area contributed by atoms with Crippen LogP contribution in [0, 0.1) is 0 Å². The number of rotatable bonds is 19. The standard InChI is InChI=1S/C23H44O2/c1-3-5-6-7-8-9-10-11-12-13-14-15-16-17-18-19-20-21-23(24)25-22-4-2/h11-12H,3-10,13-22H2,1-2H3/b12-11+. The van der Waals surface area contributed by atoms with Crippen molar-refractivity contribution in [2.75, 3.05) is 6.61 Å². The van der Waals surface area contributed by atoms with Crippen molar-refractivity contribution in [3.63, 3.8) is 0 Å². The molecule has 148 valence electrons. The number of carbonyl (C=O) groups excluding carboxylic acids is 1. The fourth-order valence-electron chi connectivity index (χ4n) is 2.98. The summed E-state index contributed by atoms with van der Waals surface area (Å²) in [7, 11) is 0. The van der Waals surface area contributed by atoms with Gasteiger partial charge in [0.1, 0.15) is 0 Å². The lowest BCUT2D eigenvalue weighted by Crippen LogP contribution is -2.04. The van der Waals surface area contributed by atoms with E-state index in [9.17, 15) is 4.79 Å². The molecule has 0 aliphatic heterocycles. The van der Waals surface area contributed by atoms with E-state index in [0.29, 0.717) is 13.0 Å². The summed E-state index contributed by atoms with van der Waals surface area (Å²) in [5.41, 5.74) is 0. The monoisotopic (exact) mass is 352 g/mol. The van der Waals surface area contributed by atoms with Crippen molar-refractivity contribution in [3.05, 3.63) is 12.2 Å². The first-order valence-corrected chi connectivity index (χ1v) is 11.1. The van der Waals surface area contributed by atoms with Crippen LogP contribution in [-0.4, -0.2) is 12.6 Å². The van der Waals surface area contributed by atoms with Gasteiger partial charge in [-0.1, -0.05) is 90.2 Å². The summed E-state index contributed by atoms with van der Waals surface area (Å²) in [6.45, 7) is 4.88. The topological polar surface area (TPSA) is 26.3 Å². The first-order valence-electron chi connectivity index (χ1n) is 11.1. The third kappa shape index (κ3) is 21.2. The van der Waals surface area contributed by atoms with Crippen LogP contribution in [0.25, 0.3) is 0 Å². The molecule has 0 aromatic carbocycles. The average Bonchev–Trinajstić information content (AvgIpc) is 2.62. The Balaban J connectivity index is 3.13. The summed E-state index contributed by atoms with van der Waals surface area (Å²) >= 11 is 0. The number of unbranched alkanes of at least 4 members (excludes halogenated alkanes) is 13. The molecule has 0 bridgehead atoms. The van der Waals surface area contributed by atoms with Crippen LogP contribution in [0.2, 0.25) is 0 Å². The lowest BCUT2D eigenvalue weighted by Gasteiger charge is -2.03. The fourth-order valence-corrected chi connectivity index (χ4v) is 2.98. The van der Waals surface area contributed by atoms with E-state index in [-0.39, 0.29) is 5.97 Å². The first-order chi connectivity index (χ1) is 12.3. The molecule has 0 unspecified atom stereocenters. The Bertz CT molecular complexity index is 296. The minimum atomic E-state index is -0.0189. The number of esters is 1. The Hall–Kier alpha value is -0.790. The SMILES string of the molecule is CCCCCCCC/C=C/CCCCCCCCCC(=O)OCCC. The molecule has 0 aromatic heterocycles. The Morgan fingerprint density at radius 2 is 1.12 bits per heavy atom. The molecule has 25 heavy (non-hydrogen) atoms. The maximum atomic E-state index is 11.3. The van der Waals surface area contributed by atoms with Gasteiger partial charge in [-0.3, -0.25) is 4.79 Å². The van der Waals surface area contributed by atoms with Gasteiger partial charge in [-0.2, -0.15) is 0 Å². The van der Waals surface area contributed by atoms with Gasteiger partial charge in [0.25, 0.3) is 0 Å². The van der Waals surface area contributed by atoms with Crippen molar-refractivity contribution in [3.8, 4) is 0 Å². The highest BCUT2D eigenvalue weighted by atomic mass is 16.5. The second kappa shape index (κ2) is 21.3. The summed E-state index contributed by atoms with van der Waals surface area (Å²) in [5, 5.41) is 0. The molecule has 0 spiro atoms. The maximum Gasteiger partial charge on any atom is 0.305 e. The van der Waals surface area contributed by atoms with Crippen LogP contribution >= 0.6 is 0 Å². The molecule has 0 saturated carbocycles. The van der Waals surface area contributed by atoms with E-state index in [4.69, 9.17) is 4.74 Å². The fraction of sp³-hybridized carbons (Fsp3) is 0.870. The quantitative estimate of drug-likeness (QED) is 0.135. The van der Waals surface area contributed by atoms with Crippen LogP contribution in [-0.2, 0) is 9.53 Å². The maximum absolute atomic E-state index is 11.3. The van der Waals surface area contributed by atoms with Gasteiger partial charge in [0.2, 0.25) is 0 Å². The number of hydrogen-bond acceptors (Lipinski definition) is 2. The van der Waals surface area contributed by atoms with Crippen LogP contribution in [0.3, 0.4) is 0 Å². The molecule has 0 fully saturated rings. The molecule has 0 saturated heterocycles. The minimum Gasteiger partial charge on any atom is -0.466 e. The van der Waals surface area contributed by atoms with Gasteiger partial charge in [-0.15, -0.1) is 0 Å². The Kier molecular flexibility index (Phi) is 20.6. The van der Waals surface area contributed by atoms with Gasteiger partial charge in [0.05, 0.1) is 6.61 Å². The van der Waals surface area contributed by atoms with Crippen molar-refractivity contribution in [1.29, 1.82) is 0 Å². The Labute approximate surface area is 157 Å². The van der Waals surface area contributed by atoms with Crippen molar-refractivity contribution >= 4 is 5.97 Å².